The Balaban J connectivity index is 1.95. The lowest BCUT2D eigenvalue weighted by Gasteiger charge is -2.09. The molecule has 0 aliphatic rings. The van der Waals surface area contributed by atoms with Crippen LogP contribution in [0.5, 0.6) is 0 Å². The lowest BCUT2D eigenvalue weighted by molar-refractivity contribution is -0.118. The first-order chi connectivity index (χ1) is 10.8. The molecule has 2 aromatic carbocycles. The van der Waals surface area contributed by atoms with Gasteiger partial charge in [0.25, 0.3) is 0 Å². The van der Waals surface area contributed by atoms with Gasteiger partial charge in [-0.25, -0.2) is 4.98 Å². The van der Waals surface area contributed by atoms with E-state index in [-0.39, 0.29) is 5.91 Å². The van der Waals surface area contributed by atoms with E-state index in [9.17, 15) is 4.79 Å². The molecule has 0 spiro atoms. The highest BCUT2D eigenvalue weighted by atomic mass is 32.2. The molecule has 5 heteroatoms. The summed E-state index contributed by atoms with van der Waals surface area (Å²) in [7, 11) is 1.65. The first-order valence-corrected chi connectivity index (χ1v) is 8.09. The molecule has 1 amide bonds. The molecule has 0 saturated heterocycles. The maximum Gasteiger partial charge on any atom is 0.230 e. The summed E-state index contributed by atoms with van der Waals surface area (Å²) >= 11 is 1.46. The summed E-state index contributed by atoms with van der Waals surface area (Å²) in [6.45, 7) is 0.747. The molecule has 0 unspecified atom stereocenters. The number of nitrogens with one attached hydrogen (secondary N) is 1. The van der Waals surface area contributed by atoms with Crippen LogP contribution < -0.4 is 5.32 Å². The number of rotatable bonds is 5. The number of hydrogen-bond acceptors (Lipinski definition) is 3. The van der Waals surface area contributed by atoms with Crippen molar-refractivity contribution in [2.24, 2.45) is 0 Å². The maximum absolute atomic E-state index is 11.5. The van der Waals surface area contributed by atoms with Crippen molar-refractivity contribution in [2.75, 3.05) is 12.8 Å². The predicted octanol–water partition coefficient (Wildman–Crippen LogP) is 2.92. The van der Waals surface area contributed by atoms with Crippen LogP contribution in [0.15, 0.2) is 59.8 Å². The average molecular weight is 311 g/mol. The maximum atomic E-state index is 11.5. The zero-order valence-electron chi connectivity index (χ0n) is 12.3. The third kappa shape index (κ3) is 3.14. The Labute approximate surface area is 133 Å². The lowest BCUT2D eigenvalue weighted by Crippen LogP contribution is -2.20. The molecule has 0 aliphatic heterocycles. The SMILES string of the molecule is CNC(=O)CSc1nc2ccccc2n1Cc1ccccc1. The van der Waals surface area contributed by atoms with Crippen molar-refractivity contribution in [2.45, 2.75) is 11.7 Å². The highest BCUT2D eigenvalue weighted by Crippen LogP contribution is 2.25. The van der Waals surface area contributed by atoms with Crippen LogP contribution in [0.25, 0.3) is 11.0 Å². The normalized spacial score (nSPS) is 10.8. The van der Waals surface area contributed by atoms with E-state index in [1.54, 1.807) is 7.05 Å². The van der Waals surface area contributed by atoms with Crippen molar-refractivity contribution >= 4 is 28.7 Å². The molecule has 1 heterocycles. The lowest BCUT2D eigenvalue weighted by atomic mass is 10.2. The molecule has 1 aromatic heterocycles. The number of aromatic nitrogens is 2. The highest BCUT2D eigenvalue weighted by Gasteiger charge is 2.12. The van der Waals surface area contributed by atoms with Gasteiger partial charge in [0, 0.05) is 7.05 Å². The van der Waals surface area contributed by atoms with Gasteiger partial charge < -0.3 is 9.88 Å². The summed E-state index contributed by atoms with van der Waals surface area (Å²) in [6, 6.07) is 18.3. The van der Waals surface area contributed by atoms with Crippen LogP contribution in [-0.4, -0.2) is 28.3 Å². The summed E-state index contributed by atoms with van der Waals surface area (Å²) in [5, 5.41) is 3.51. The van der Waals surface area contributed by atoms with E-state index >= 15 is 0 Å². The van der Waals surface area contributed by atoms with E-state index in [1.807, 2.05) is 36.4 Å². The van der Waals surface area contributed by atoms with Gasteiger partial charge in [0.05, 0.1) is 23.3 Å². The van der Waals surface area contributed by atoms with E-state index < -0.39 is 0 Å². The second-order valence-corrected chi connectivity index (χ2v) is 5.86. The summed E-state index contributed by atoms with van der Waals surface area (Å²) in [4.78, 5) is 16.2. The number of imidazole rings is 1. The van der Waals surface area contributed by atoms with E-state index in [1.165, 1.54) is 17.3 Å². The quantitative estimate of drug-likeness (QED) is 0.737. The third-order valence-corrected chi connectivity index (χ3v) is 4.39. The summed E-state index contributed by atoms with van der Waals surface area (Å²) in [6.07, 6.45) is 0. The molecule has 0 atom stereocenters. The number of carbonyl (C=O) groups is 1. The second kappa shape index (κ2) is 6.66. The van der Waals surface area contributed by atoms with E-state index in [0.717, 1.165) is 22.7 Å². The van der Waals surface area contributed by atoms with Crippen LogP contribution >= 0.6 is 11.8 Å². The van der Waals surface area contributed by atoms with Gasteiger partial charge in [0.1, 0.15) is 0 Å². The standard InChI is InChI=1S/C17H17N3OS/c1-18-16(21)12-22-17-19-14-9-5-6-10-15(14)20(17)11-13-7-3-2-4-8-13/h2-10H,11-12H2,1H3,(H,18,21). The zero-order valence-corrected chi connectivity index (χ0v) is 13.1. The number of carbonyl (C=O) groups excluding carboxylic acids is 1. The molecule has 0 bridgehead atoms. The Hall–Kier alpha value is -2.27. The minimum absolute atomic E-state index is 0.00307. The monoisotopic (exact) mass is 311 g/mol. The largest absolute Gasteiger partial charge is 0.358 e. The molecule has 112 valence electrons. The fourth-order valence-electron chi connectivity index (χ4n) is 2.28. The molecule has 3 aromatic rings. The Morgan fingerprint density at radius 1 is 1.14 bits per heavy atom. The average Bonchev–Trinajstić information content (AvgIpc) is 2.91. The predicted molar refractivity (Wildman–Crippen MR) is 90.1 cm³/mol. The number of para-hydroxylation sites is 2. The Kier molecular flexibility index (Phi) is 4.44. The van der Waals surface area contributed by atoms with Crippen LogP contribution in [0, 0.1) is 0 Å². The van der Waals surface area contributed by atoms with Gasteiger partial charge in [-0.15, -0.1) is 0 Å². The van der Waals surface area contributed by atoms with E-state index in [2.05, 4.69) is 33.1 Å². The first kappa shape index (κ1) is 14.7. The summed E-state index contributed by atoms with van der Waals surface area (Å²) in [5.41, 5.74) is 3.26. The first-order valence-electron chi connectivity index (χ1n) is 7.10. The van der Waals surface area contributed by atoms with Gasteiger partial charge in [0.15, 0.2) is 5.16 Å². The van der Waals surface area contributed by atoms with Crippen molar-refractivity contribution in [1.82, 2.24) is 14.9 Å². The Morgan fingerprint density at radius 2 is 1.86 bits per heavy atom. The summed E-state index contributed by atoms with van der Waals surface area (Å²) in [5.74, 6) is 0.373. The van der Waals surface area contributed by atoms with Crippen LogP contribution in [0.1, 0.15) is 5.56 Å². The minimum atomic E-state index is 0.00307. The molecule has 1 N–H and O–H groups in total. The molecule has 0 saturated carbocycles. The third-order valence-electron chi connectivity index (χ3n) is 3.41. The van der Waals surface area contributed by atoms with Crippen molar-refractivity contribution in [1.29, 1.82) is 0 Å². The van der Waals surface area contributed by atoms with Gasteiger partial charge in [-0.2, -0.15) is 0 Å². The van der Waals surface area contributed by atoms with Crippen molar-refractivity contribution in [3.8, 4) is 0 Å². The highest BCUT2D eigenvalue weighted by molar-refractivity contribution is 7.99. The van der Waals surface area contributed by atoms with Crippen LogP contribution in [0.4, 0.5) is 0 Å². The van der Waals surface area contributed by atoms with Gasteiger partial charge in [-0.1, -0.05) is 54.2 Å². The molecule has 0 fully saturated rings. The van der Waals surface area contributed by atoms with Crippen LogP contribution in [0.2, 0.25) is 0 Å². The van der Waals surface area contributed by atoms with Gasteiger partial charge in [-0.3, -0.25) is 4.79 Å². The number of hydrogen-bond donors (Lipinski definition) is 1. The zero-order chi connectivity index (χ0) is 15.4. The number of thioether (sulfide) groups is 1. The number of benzene rings is 2. The number of amides is 1. The van der Waals surface area contributed by atoms with Gasteiger partial charge in [-0.05, 0) is 17.7 Å². The van der Waals surface area contributed by atoms with Crippen molar-refractivity contribution in [3.05, 3.63) is 60.2 Å². The Bertz CT molecular complexity index is 783. The van der Waals surface area contributed by atoms with Crippen molar-refractivity contribution in [3.63, 3.8) is 0 Å². The molecule has 3 rings (SSSR count). The second-order valence-electron chi connectivity index (χ2n) is 4.92. The van der Waals surface area contributed by atoms with E-state index in [4.69, 9.17) is 0 Å². The van der Waals surface area contributed by atoms with Crippen LogP contribution in [-0.2, 0) is 11.3 Å². The molecular formula is C17H17N3OS. The number of fused-ring (bicyclic) bond motifs is 1. The smallest absolute Gasteiger partial charge is 0.230 e. The fraction of sp³-hybridized carbons (Fsp3) is 0.176. The summed E-state index contributed by atoms with van der Waals surface area (Å²) < 4.78 is 2.16. The van der Waals surface area contributed by atoms with Gasteiger partial charge in [0.2, 0.25) is 5.91 Å². The van der Waals surface area contributed by atoms with Gasteiger partial charge >= 0.3 is 0 Å². The topological polar surface area (TPSA) is 46.9 Å². The van der Waals surface area contributed by atoms with Crippen LogP contribution in [0.3, 0.4) is 0 Å². The Morgan fingerprint density at radius 3 is 2.64 bits per heavy atom. The fourth-order valence-corrected chi connectivity index (χ4v) is 3.17. The molecule has 4 nitrogen and oxygen atoms in total. The number of nitrogens with zero attached hydrogens (tertiary/aromatic N) is 2. The molecule has 22 heavy (non-hydrogen) atoms. The molecular weight excluding hydrogens is 294 g/mol. The van der Waals surface area contributed by atoms with E-state index in [0.29, 0.717) is 5.75 Å². The molecule has 0 aliphatic carbocycles. The van der Waals surface area contributed by atoms with Crippen molar-refractivity contribution < 1.29 is 4.79 Å². The minimum Gasteiger partial charge on any atom is -0.358 e. The molecule has 0 radical (unpaired) electrons.